The summed E-state index contributed by atoms with van der Waals surface area (Å²) in [6.07, 6.45) is -3.95. The fourth-order valence-electron chi connectivity index (χ4n) is 3.84. The highest BCUT2D eigenvalue weighted by atomic mass is 19.4. The van der Waals surface area contributed by atoms with E-state index in [4.69, 9.17) is 9.47 Å². The first-order chi connectivity index (χ1) is 15.7. The number of halogens is 4. The fourth-order valence-corrected chi connectivity index (χ4v) is 3.84. The van der Waals surface area contributed by atoms with Crippen LogP contribution in [0, 0.1) is 5.82 Å². The van der Waals surface area contributed by atoms with Crippen LogP contribution in [-0.2, 0) is 27.0 Å². The summed E-state index contributed by atoms with van der Waals surface area (Å²) in [4.78, 5) is 24.0. The maximum atomic E-state index is 13.2. The highest BCUT2D eigenvalue weighted by Gasteiger charge is 2.36. The maximum Gasteiger partial charge on any atom is 0.416 e. The van der Waals surface area contributed by atoms with Gasteiger partial charge in [-0.25, -0.2) is 9.18 Å². The monoisotopic (exact) mass is 470 g/mol. The van der Waals surface area contributed by atoms with Crippen LogP contribution in [0.25, 0.3) is 0 Å². The molecule has 33 heavy (non-hydrogen) atoms. The number of rotatable bonds is 6. The SMILES string of the molecule is O=C(NCc1ccc(F)cc1C(F)(F)F)O[C@H]1C[C@@H](c2cc(NC(=O)[C@H]3CCCO3)n[nH]2)C1. The van der Waals surface area contributed by atoms with E-state index in [1.807, 2.05) is 0 Å². The molecule has 2 fully saturated rings. The summed E-state index contributed by atoms with van der Waals surface area (Å²) in [7, 11) is 0. The third kappa shape index (κ3) is 5.62. The summed E-state index contributed by atoms with van der Waals surface area (Å²) in [5.41, 5.74) is -0.630. The Bertz CT molecular complexity index is 1010. The first kappa shape index (κ1) is 23.0. The van der Waals surface area contributed by atoms with Gasteiger partial charge in [0.2, 0.25) is 0 Å². The molecule has 0 spiro atoms. The number of ether oxygens (including phenoxy) is 2. The van der Waals surface area contributed by atoms with Crippen molar-refractivity contribution in [2.45, 2.75) is 56.5 Å². The van der Waals surface area contributed by atoms with Crippen molar-refractivity contribution < 1.29 is 36.6 Å². The minimum Gasteiger partial charge on any atom is -0.446 e. The van der Waals surface area contributed by atoms with Crippen molar-refractivity contribution in [2.24, 2.45) is 0 Å². The van der Waals surface area contributed by atoms with E-state index in [9.17, 15) is 27.2 Å². The Morgan fingerprint density at radius 1 is 1.24 bits per heavy atom. The second kappa shape index (κ2) is 9.38. The molecule has 2 aromatic rings. The molecule has 12 heteroatoms. The average molecular weight is 470 g/mol. The van der Waals surface area contributed by atoms with Crippen molar-refractivity contribution in [1.82, 2.24) is 15.5 Å². The fraction of sp³-hybridized carbons (Fsp3) is 0.476. The van der Waals surface area contributed by atoms with E-state index in [-0.39, 0.29) is 17.4 Å². The van der Waals surface area contributed by atoms with Crippen LogP contribution in [0.3, 0.4) is 0 Å². The third-order valence-corrected chi connectivity index (χ3v) is 5.68. The van der Waals surface area contributed by atoms with Gasteiger partial charge in [0.15, 0.2) is 5.82 Å². The lowest BCUT2D eigenvalue weighted by Gasteiger charge is -2.33. The number of nitrogens with zero attached hydrogens (tertiary/aromatic N) is 1. The molecule has 178 valence electrons. The number of anilines is 1. The van der Waals surface area contributed by atoms with Gasteiger partial charge in [-0.2, -0.15) is 18.3 Å². The molecule has 2 heterocycles. The van der Waals surface area contributed by atoms with Gasteiger partial charge in [-0.3, -0.25) is 9.89 Å². The smallest absolute Gasteiger partial charge is 0.416 e. The summed E-state index contributed by atoms with van der Waals surface area (Å²) in [6, 6.07) is 3.98. The molecule has 0 unspecified atom stereocenters. The van der Waals surface area contributed by atoms with Gasteiger partial charge in [0.25, 0.3) is 5.91 Å². The number of alkyl halides is 3. The lowest BCUT2D eigenvalue weighted by atomic mass is 9.80. The second-order valence-corrected chi connectivity index (χ2v) is 8.05. The zero-order chi connectivity index (χ0) is 23.6. The van der Waals surface area contributed by atoms with Crippen LogP contribution >= 0.6 is 0 Å². The quantitative estimate of drug-likeness (QED) is 0.556. The summed E-state index contributed by atoms with van der Waals surface area (Å²) in [5, 5.41) is 11.9. The number of benzene rings is 1. The van der Waals surface area contributed by atoms with Crippen LogP contribution in [0.4, 0.5) is 28.2 Å². The number of H-pyrrole nitrogens is 1. The van der Waals surface area contributed by atoms with Gasteiger partial charge in [0, 0.05) is 30.8 Å². The van der Waals surface area contributed by atoms with Gasteiger partial charge in [-0.15, -0.1) is 0 Å². The van der Waals surface area contributed by atoms with Gasteiger partial charge >= 0.3 is 12.3 Å². The largest absolute Gasteiger partial charge is 0.446 e. The normalized spacial score (nSPS) is 22.5. The van der Waals surface area contributed by atoms with Crippen LogP contribution in [0.15, 0.2) is 24.3 Å². The summed E-state index contributed by atoms with van der Waals surface area (Å²) >= 11 is 0. The lowest BCUT2D eigenvalue weighted by molar-refractivity contribution is -0.138. The van der Waals surface area contributed by atoms with E-state index < -0.39 is 42.4 Å². The van der Waals surface area contributed by atoms with Crippen molar-refractivity contribution in [3.8, 4) is 0 Å². The van der Waals surface area contributed by atoms with Crippen LogP contribution in [0.2, 0.25) is 0 Å². The van der Waals surface area contributed by atoms with Gasteiger partial charge in [-0.05, 0) is 43.4 Å². The van der Waals surface area contributed by atoms with Crippen molar-refractivity contribution >= 4 is 17.8 Å². The molecule has 1 saturated heterocycles. The van der Waals surface area contributed by atoms with E-state index in [1.165, 1.54) is 0 Å². The summed E-state index contributed by atoms with van der Waals surface area (Å²) in [6.45, 7) is 0.118. The number of carbonyl (C=O) groups is 2. The van der Waals surface area contributed by atoms with Crippen LogP contribution in [-0.4, -0.2) is 41.0 Å². The van der Waals surface area contributed by atoms with Crippen LogP contribution in [0.1, 0.15) is 48.4 Å². The number of aromatic nitrogens is 2. The molecule has 1 aliphatic heterocycles. The Hall–Kier alpha value is -3.15. The van der Waals surface area contributed by atoms with E-state index in [1.54, 1.807) is 6.07 Å². The van der Waals surface area contributed by atoms with Crippen LogP contribution in [0.5, 0.6) is 0 Å². The predicted molar refractivity (Wildman–Crippen MR) is 107 cm³/mol. The van der Waals surface area contributed by atoms with Gasteiger partial charge < -0.3 is 20.1 Å². The molecule has 4 rings (SSSR count). The van der Waals surface area contributed by atoms with E-state index in [2.05, 4.69) is 20.8 Å². The van der Waals surface area contributed by atoms with Crippen molar-refractivity contribution in [3.05, 3.63) is 46.9 Å². The van der Waals surface area contributed by atoms with Gasteiger partial charge in [0.1, 0.15) is 18.0 Å². The Balaban J connectivity index is 1.22. The third-order valence-electron chi connectivity index (χ3n) is 5.68. The molecular weight excluding hydrogens is 448 g/mol. The molecule has 3 N–H and O–H groups in total. The number of alkyl carbamates (subject to hydrolysis) is 1. The molecule has 0 radical (unpaired) electrons. The summed E-state index contributed by atoms with van der Waals surface area (Å²) < 4.78 is 62.8. The van der Waals surface area contributed by atoms with E-state index in [0.29, 0.717) is 37.8 Å². The highest BCUT2D eigenvalue weighted by Crippen LogP contribution is 2.38. The number of hydrogen-bond donors (Lipinski definition) is 3. The zero-order valence-corrected chi connectivity index (χ0v) is 17.4. The Morgan fingerprint density at radius 2 is 2.03 bits per heavy atom. The molecule has 2 aliphatic rings. The zero-order valence-electron chi connectivity index (χ0n) is 17.4. The van der Waals surface area contributed by atoms with Gasteiger partial charge in [-0.1, -0.05) is 6.07 Å². The number of hydrogen-bond acceptors (Lipinski definition) is 5. The lowest BCUT2D eigenvalue weighted by Crippen LogP contribution is -2.36. The minimum absolute atomic E-state index is 0.0395. The van der Waals surface area contributed by atoms with Crippen LogP contribution < -0.4 is 10.6 Å². The van der Waals surface area contributed by atoms with Crippen molar-refractivity contribution in [2.75, 3.05) is 11.9 Å². The summed E-state index contributed by atoms with van der Waals surface area (Å²) in [5.74, 6) is -0.834. The molecule has 8 nitrogen and oxygen atoms in total. The Kier molecular flexibility index (Phi) is 6.54. The molecule has 0 bridgehead atoms. The minimum atomic E-state index is -4.74. The molecule has 1 saturated carbocycles. The number of amides is 2. The van der Waals surface area contributed by atoms with Crippen molar-refractivity contribution in [1.29, 1.82) is 0 Å². The number of aromatic amines is 1. The molecule has 1 aliphatic carbocycles. The first-order valence-corrected chi connectivity index (χ1v) is 10.5. The Labute approximate surface area is 186 Å². The maximum absolute atomic E-state index is 13.2. The molecule has 2 amide bonds. The second-order valence-electron chi connectivity index (χ2n) is 8.05. The van der Waals surface area contributed by atoms with E-state index >= 15 is 0 Å². The molecule has 1 aromatic heterocycles. The van der Waals surface area contributed by atoms with E-state index in [0.717, 1.165) is 24.2 Å². The highest BCUT2D eigenvalue weighted by molar-refractivity contribution is 5.93. The first-order valence-electron chi connectivity index (χ1n) is 10.5. The molecule has 1 atom stereocenters. The number of carbonyl (C=O) groups excluding carboxylic acids is 2. The molecule has 1 aromatic carbocycles. The number of nitrogens with one attached hydrogen (secondary N) is 3. The topological polar surface area (TPSA) is 105 Å². The predicted octanol–water partition coefficient (Wildman–Crippen LogP) is 3.86. The van der Waals surface area contributed by atoms with Crippen molar-refractivity contribution in [3.63, 3.8) is 0 Å². The van der Waals surface area contributed by atoms with Gasteiger partial charge in [0.05, 0.1) is 5.56 Å². The standard InChI is InChI=1S/C21H22F4N4O4/c22-13-4-3-11(15(8-13)21(23,24)25)10-26-20(31)33-14-6-12(7-14)16-9-18(29-28-16)27-19(30)17-2-1-5-32-17/h3-4,8-9,12,14,17H,1-2,5-7,10H2,(H,26,31)(H2,27,28,29,30)/t12-,14+,17-/m1/s1. The molecular formula is C21H22F4N4O4. The Morgan fingerprint density at radius 3 is 2.73 bits per heavy atom. The average Bonchev–Trinajstić information content (AvgIpc) is 3.41.